The maximum atomic E-state index is 2.97. The molecule has 2 heteroatoms. The van der Waals surface area contributed by atoms with Gasteiger partial charge in [-0.3, -0.25) is 0 Å². The second-order valence-corrected chi connectivity index (χ2v) is 2.07. The van der Waals surface area contributed by atoms with Crippen LogP contribution in [0.1, 0.15) is 0 Å². The molecule has 32 valence electrons. The molecule has 1 aromatic rings. The maximum absolute atomic E-state index is 2.97. The molecule has 0 radical (unpaired) electrons. The van der Waals surface area contributed by atoms with Gasteiger partial charge in [0.1, 0.15) is 0 Å². The molecule has 0 amide bonds. The average Bonchev–Trinajstić information content (AvgIpc) is 1.86. The van der Waals surface area contributed by atoms with Crippen LogP contribution in [0.4, 0.5) is 0 Å². The molecule has 0 aromatic carbocycles. The van der Waals surface area contributed by atoms with E-state index in [0.717, 1.165) is 4.59 Å². The Morgan fingerprint density at radius 3 is 2.67 bits per heavy atom. The summed E-state index contributed by atoms with van der Waals surface area (Å²) >= 11 is 2.43. The van der Waals surface area contributed by atoms with Crippen LogP contribution >= 0.6 is 0 Å². The summed E-state index contributed by atoms with van der Waals surface area (Å²) in [5.74, 6) is 0. The quantitative estimate of drug-likeness (QED) is 0.477. The predicted molar refractivity (Wildman–Crippen MR) is 27.6 cm³/mol. The van der Waals surface area contributed by atoms with Gasteiger partial charge >= 0.3 is 43.9 Å². The van der Waals surface area contributed by atoms with Gasteiger partial charge in [-0.05, 0) is 0 Å². The van der Waals surface area contributed by atoms with Gasteiger partial charge in [-0.1, -0.05) is 0 Å². The summed E-state index contributed by atoms with van der Waals surface area (Å²) in [5.41, 5.74) is 0. The first-order chi connectivity index (χ1) is 2.89. The molecule has 0 bridgehead atoms. The fourth-order valence-corrected chi connectivity index (χ4v) is 0.658. The molecule has 1 N–H and O–H groups in total. The van der Waals surface area contributed by atoms with Crippen molar-refractivity contribution in [2.75, 3.05) is 0 Å². The molecule has 1 rings (SSSR count). The predicted octanol–water partition coefficient (Wildman–Crippen LogP) is -0.459. The van der Waals surface area contributed by atoms with Crippen LogP contribution in [0.2, 0.25) is 0 Å². The Bertz CT molecular complexity index is 111. The van der Waals surface area contributed by atoms with Crippen LogP contribution in [0.5, 0.6) is 0 Å². The van der Waals surface area contributed by atoms with E-state index < -0.39 is 0 Å². The van der Waals surface area contributed by atoms with Crippen LogP contribution < -0.4 is 4.59 Å². The zero-order chi connectivity index (χ0) is 4.41. The molecule has 1 aromatic heterocycles. The Kier molecular flexibility index (Phi) is 0.992. The summed E-state index contributed by atoms with van der Waals surface area (Å²) in [7, 11) is 0. The van der Waals surface area contributed by atoms with Crippen LogP contribution in [0.3, 0.4) is 0 Å². The first kappa shape index (κ1) is 3.97. The van der Waals surface area contributed by atoms with Gasteiger partial charge in [-0.15, -0.1) is 0 Å². The summed E-state index contributed by atoms with van der Waals surface area (Å²) in [6.45, 7) is 0. The van der Waals surface area contributed by atoms with Gasteiger partial charge in [0.05, 0.1) is 0 Å². The summed E-state index contributed by atoms with van der Waals surface area (Å²) in [6, 6.07) is 3.97. The van der Waals surface area contributed by atoms with Crippen molar-refractivity contribution >= 4 is 20.6 Å². The molecule has 0 spiro atoms. The molecule has 0 aliphatic carbocycles. The first-order valence-corrected chi connectivity index (χ1v) is 2.66. The van der Waals surface area contributed by atoms with E-state index in [-0.39, 0.29) is 0 Å². The van der Waals surface area contributed by atoms with Crippen LogP contribution in [-0.4, -0.2) is 21.0 Å². The van der Waals surface area contributed by atoms with Crippen LogP contribution in [0.25, 0.3) is 0 Å². The van der Waals surface area contributed by atoms with Crippen molar-refractivity contribution < 1.29 is 0 Å². The topological polar surface area (TPSA) is 15.8 Å². The standard InChI is InChI=1S/C4H5NSe/c6-4-2-1-3-5-4/h1-3,5-6H. The van der Waals surface area contributed by atoms with E-state index in [2.05, 4.69) is 21.0 Å². The van der Waals surface area contributed by atoms with Gasteiger partial charge in [0.25, 0.3) is 0 Å². The summed E-state index contributed by atoms with van der Waals surface area (Å²) < 4.78 is 1.16. The van der Waals surface area contributed by atoms with Crippen LogP contribution in [-0.2, 0) is 0 Å². The monoisotopic (exact) mass is 147 g/mol. The Labute approximate surface area is 44.6 Å². The van der Waals surface area contributed by atoms with Crippen LogP contribution in [0, 0.1) is 0 Å². The van der Waals surface area contributed by atoms with Crippen molar-refractivity contribution in [3.63, 3.8) is 0 Å². The molecule has 1 nitrogen and oxygen atoms in total. The Morgan fingerprint density at radius 1 is 1.67 bits per heavy atom. The second kappa shape index (κ2) is 1.50. The SMILES string of the molecule is [SeH]c1ccc[nH]1. The zero-order valence-corrected chi connectivity index (χ0v) is 5.06. The van der Waals surface area contributed by atoms with E-state index in [1.165, 1.54) is 0 Å². The molecule has 1 heterocycles. The number of rotatable bonds is 0. The third-order valence-corrected chi connectivity index (χ3v) is 1.17. The number of aromatic amines is 1. The summed E-state index contributed by atoms with van der Waals surface area (Å²) in [5, 5.41) is 0. The molecular weight excluding hydrogens is 141 g/mol. The minimum atomic E-state index is 1.16. The van der Waals surface area contributed by atoms with Crippen molar-refractivity contribution in [2.45, 2.75) is 0 Å². The van der Waals surface area contributed by atoms with Crippen molar-refractivity contribution in [1.82, 2.24) is 4.98 Å². The zero-order valence-electron chi connectivity index (χ0n) is 3.18. The molecule has 0 fully saturated rings. The number of H-pyrrole nitrogens is 1. The fraction of sp³-hybridized carbons (Fsp3) is 0. The van der Waals surface area contributed by atoms with Gasteiger partial charge in [0.15, 0.2) is 0 Å². The number of hydrogen-bond donors (Lipinski definition) is 1. The van der Waals surface area contributed by atoms with E-state index in [9.17, 15) is 0 Å². The average molecular weight is 146 g/mol. The van der Waals surface area contributed by atoms with Crippen molar-refractivity contribution in [3.8, 4) is 0 Å². The van der Waals surface area contributed by atoms with Gasteiger partial charge in [0, 0.05) is 0 Å². The van der Waals surface area contributed by atoms with E-state index >= 15 is 0 Å². The molecule has 0 saturated heterocycles. The number of nitrogens with one attached hydrogen (secondary N) is 1. The van der Waals surface area contributed by atoms with Crippen molar-refractivity contribution in [1.29, 1.82) is 0 Å². The fourth-order valence-electron chi connectivity index (χ4n) is 0.321. The summed E-state index contributed by atoms with van der Waals surface area (Å²) in [4.78, 5) is 2.97. The first-order valence-electron chi connectivity index (χ1n) is 1.72. The van der Waals surface area contributed by atoms with Gasteiger partial charge in [-0.25, -0.2) is 0 Å². The normalized spacial score (nSPS) is 8.83. The number of hydrogen-bond acceptors (Lipinski definition) is 0. The van der Waals surface area contributed by atoms with Crippen LogP contribution in [0.15, 0.2) is 18.3 Å². The Hall–Kier alpha value is -0.201. The Morgan fingerprint density at radius 2 is 2.50 bits per heavy atom. The van der Waals surface area contributed by atoms with E-state index in [4.69, 9.17) is 0 Å². The molecule has 0 atom stereocenters. The third kappa shape index (κ3) is 0.644. The molecule has 0 aliphatic heterocycles. The van der Waals surface area contributed by atoms with Gasteiger partial charge in [0.2, 0.25) is 0 Å². The van der Waals surface area contributed by atoms with Crippen molar-refractivity contribution in [2.24, 2.45) is 0 Å². The van der Waals surface area contributed by atoms with Crippen molar-refractivity contribution in [3.05, 3.63) is 18.3 Å². The van der Waals surface area contributed by atoms with Gasteiger partial charge in [-0.2, -0.15) is 0 Å². The summed E-state index contributed by atoms with van der Waals surface area (Å²) in [6.07, 6.45) is 1.90. The van der Waals surface area contributed by atoms with E-state index in [0.29, 0.717) is 0 Å². The molecule has 0 unspecified atom stereocenters. The number of aromatic nitrogens is 1. The van der Waals surface area contributed by atoms with E-state index in [1.54, 1.807) is 0 Å². The minimum absolute atomic E-state index is 1.16. The van der Waals surface area contributed by atoms with E-state index in [1.807, 2.05) is 18.3 Å². The molecule has 0 saturated carbocycles. The van der Waals surface area contributed by atoms with Gasteiger partial charge < -0.3 is 0 Å². The molecule has 0 aliphatic rings. The third-order valence-electron chi connectivity index (χ3n) is 0.582. The molecular formula is C4H5NSe. The molecule has 6 heavy (non-hydrogen) atoms. The second-order valence-electron chi connectivity index (χ2n) is 1.06. The Balaban J connectivity index is 3.05.